The van der Waals surface area contributed by atoms with Crippen LogP contribution in [-0.4, -0.2) is 60.3 Å². The number of hydrogen-bond donors (Lipinski definition) is 4. The molecule has 0 bridgehead atoms. The molecule has 1 aliphatic heterocycles. The summed E-state index contributed by atoms with van der Waals surface area (Å²) in [6.45, 7) is -0.871. The summed E-state index contributed by atoms with van der Waals surface area (Å²) in [4.78, 5) is 57.9. The molecular formula is C15H23N5O6. The highest BCUT2D eigenvalue weighted by Gasteiger charge is 2.32. The van der Waals surface area contributed by atoms with Gasteiger partial charge in [0.2, 0.25) is 29.7 Å². The van der Waals surface area contributed by atoms with E-state index in [2.05, 4.69) is 21.3 Å². The van der Waals surface area contributed by atoms with E-state index in [1.165, 1.54) is 0 Å². The highest BCUT2D eigenvalue weighted by Crippen LogP contribution is 2.29. The van der Waals surface area contributed by atoms with Crippen LogP contribution in [0.1, 0.15) is 32.1 Å². The monoisotopic (exact) mass is 369 g/mol. The van der Waals surface area contributed by atoms with E-state index in [1.54, 1.807) is 0 Å². The minimum absolute atomic E-state index is 0.0681. The Hall–Kier alpha value is -2.72. The molecule has 26 heavy (non-hydrogen) atoms. The lowest BCUT2D eigenvalue weighted by Gasteiger charge is -2.28. The van der Waals surface area contributed by atoms with Gasteiger partial charge in [0.15, 0.2) is 0 Å². The predicted molar refractivity (Wildman–Crippen MR) is 88.3 cm³/mol. The van der Waals surface area contributed by atoms with Gasteiger partial charge in [-0.3, -0.25) is 29.3 Å². The lowest BCUT2D eigenvalue weighted by molar-refractivity contribution is -0.527. The second kappa shape index (κ2) is 9.11. The van der Waals surface area contributed by atoms with Crippen molar-refractivity contribution in [3.05, 3.63) is 10.1 Å². The number of hydrogen-bond acceptors (Lipinski definition) is 6. The van der Waals surface area contributed by atoms with Crippen molar-refractivity contribution in [1.82, 2.24) is 21.3 Å². The Bertz CT molecular complexity index is 587. The molecule has 0 spiro atoms. The zero-order valence-corrected chi connectivity index (χ0v) is 14.3. The highest BCUT2D eigenvalue weighted by atomic mass is 16.6. The van der Waals surface area contributed by atoms with Gasteiger partial charge in [-0.15, -0.1) is 0 Å². The molecule has 4 amide bonds. The first kappa shape index (κ1) is 19.6. The van der Waals surface area contributed by atoms with E-state index >= 15 is 0 Å². The first-order chi connectivity index (χ1) is 12.3. The summed E-state index contributed by atoms with van der Waals surface area (Å²) >= 11 is 0. The Morgan fingerprint density at radius 2 is 1.38 bits per heavy atom. The number of nitro groups is 1. The van der Waals surface area contributed by atoms with Gasteiger partial charge < -0.3 is 21.3 Å². The van der Waals surface area contributed by atoms with E-state index in [-0.39, 0.29) is 30.5 Å². The van der Waals surface area contributed by atoms with Gasteiger partial charge in [-0.05, 0) is 25.2 Å². The van der Waals surface area contributed by atoms with E-state index < -0.39 is 35.7 Å². The summed E-state index contributed by atoms with van der Waals surface area (Å²) in [5.74, 6) is -1.94. The molecule has 11 nitrogen and oxygen atoms in total. The van der Waals surface area contributed by atoms with Crippen LogP contribution in [0.25, 0.3) is 0 Å². The second-order valence-corrected chi connectivity index (χ2v) is 6.59. The van der Waals surface area contributed by atoms with Gasteiger partial charge in [0.1, 0.15) is 6.04 Å². The van der Waals surface area contributed by atoms with Crippen LogP contribution in [0.4, 0.5) is 0 Å². The number of carbonyl (C=O) groups is 4. The Morgan fingerprint density at radius 3 is 1.96 bits per heavy atom. The zero-order valence-electron chi connectivity index (χ0n) is 14.3. The Kier molecular flexibility index (Phi) is 6.87. The molecule has 2 aliphatic rings. The second-order valence-electron chi connectivity index (χ2n) is 6.59. The van der Waals surface area contributed by atoms with Gasteiger partial charge in [0.05, 0.1) is 19.6 Å². The van der Waals surface area contributed by atoms with Gasteiger partial charge in [-0.25, -0.2) is 0 Å². The molecule has 11 heteroatoms. The molecule has 2 fully saturated rings. The summed E-state index contributed by atoms with van der Waals surface area (Å²) in [5.41, 5.74) is 0. The van der Waals surface area contributed by atoms with Crippen LogP contribution in [0.3, 0.4) is 0 Å². The number of nitrogens with one attached hydrogen (secondary N) is 4. The number of rotatable bonds is 3. The minimum Gasteiger partial charge on any atom is -0.346 e. The summed E-state index contributed by atoms with van der Waals surface area (Å²) < 4.78 is 0. The smallest absolute Gasteiger partial charge is 0.243 e. The third-order valence-electron chi connectivity index (χ3n) is 4.65. The maximum Gasteiger partial charge on any atom is 0.243 e. The Balaban J connectivity index is 1.97. The zero-order chi connectivity index (χ0) is 19.1. The van der Waals surface area contributed by atoms with Crippen molar-refractivity contribution >= 4 is 23.6 Å². The van der Waals surface area contributed by atoms with Crippen molar-refractivity contribution < 1.29 is 24.1 Å². The van der Waals surface area contributed by atoms with Gasteiger partial charge in [0.25, 0.3) is 0 Å². The summed E-state index contributed by atoms with van der Waals surface area (Å²) in [5, 5.41) is 20.5. The molecule has 0 aromatic rings. The molecule has 1 atom stereocenters. The molecule has 2 rings (SSSR count). The number of amides is 4. The first-order valence-electron chi connectivity index (χ1n) is 8.59. The van der Waals surface area contributed by atoms with Crippen LogP contribution >= 0.6 is 0 Å². The average Bonchev–Trinajstić information content (AvgIpc) is 2.61. The molecule has 1 saturated heterocycles. The fourth-order valence-corrected chi connectivity index (χ4v) is 3.17. The Labute approximate surface area is 149 Å². The summed E-state index contributed by atoms with van der Waals surface area (Å²) in [6.07, 6.45) is 2.42. The Morgan fingerprint density at radius 1 is 0.846 bits per heavy atom. The topological polar surface area (TPSA) is 160 Å². The number of carbonyl (C=O) groups excluding carboxylic acids is 4. The molecule has 144 valence electrons. The van der Waals surface area contributed by atoms with Crippen molar-refractivity contribution in [2.75, 3.05) is 19.6 Å². The van der Waals surface area contributed by atoms with E-state index in [0.717, 1.165) is 0 Å². The van der Waals surface area contributed by atoms with E-state index in [4.69, 9.17) is 0 Å². The van der Waals surface area contributed by atoms with Crippen LogP contribution in [-0.2, 0) is 19.2 Å². The lowest BCUT2D eigenvalue weighted by Crippen LogP contribution is -2.53. The van der Waals surface area contributed by atoms with Crippen molar-refractivity contribution in [3.63, 3.8) is 0 Å². The fourth-order valence-electron chi connectivity index (χ4n) is 3.17. The van der Waals surface area contributed by atoms with Gasteiger partial charge in [-0.1, -0.05) is 0 Å². The normalized spacial score (nSPS) is 28.5. The maximum absolute atomic E-state index is 12.3. The van der Waals surface area contributed by atoms with Gasteiger partial charge >= 0.3 is 0 Å². The van der Waals surface area contributed by atoms with E-state index in [9.17, 15) is 29.3 Å². The fraction of sp³-hybridized carbons (Fsp3) is 0.733. The molecule has 0 radical (unpaired) electrons. The van der Waals surface area contributed by atoms with Crippen LogP contribution in [0.2, 0.25) is 0 Å². The predicted octanol–water partition coefficient (Wildman–Crippen LogP) is -1.94. The molecule has 1 aliphatic carbocycles. The minimum atomic E-state index is -0.858. The summed E-state index contributed by atoms with van der Waals surface area (Å²) in [7, 11) is 0. The van der Waals surface area contributed by atoms with Crippen LogP contribution in [0, 0.1) is 16.0 Å². The molecular weight excluding hydrogens is 346 g/mol. The van der Waals surface area contributed by atoms with Gasteiger partial charge in [0, 0.05) is 17.8 Å². The quantitative estimate of drug-likeness (QED) is 0.334. The summed E-state index contributed by atoms with van der Waals surface area (Å²) in [6, 6.07) is -1.41. The third-order valence-corrected chi connectivity index (χ3v) is 4.65. The van der Waals surface area contributed by atoms with Crippen LogP contribution in [0.15, 0.2) is 0 Å². The van der Waals surface area contributed by atoms with E-state index in [0.29, 0.717) is 32.1 Å². The van der Waals surface area contributed by atoms with Crippen molar-refractivity contribution in [2.24, 2.45) is 5.92 Å². The third kappa shape index (κ3) is 5.97. The lowest BCUT2D eigenvalue weighted by atomic mass is 9.82. The number of nitrogens with zero attached hydrogens (tertiary/aromatic N) is 1. The largest absolute Gasteiger partial charge is 0.346 e. The molecule has 0 aromatic heterocycles. The van der Waals surface area contributed by atoms with Crippen molar-refractivity contribution in [2.45, 2.75) is 44.2 Å². The molecule has 1 heterocycles. The molecule has 1 saturated carbocycles. The van der Waals surface area contributed by atoms with Crippen molar-refractivity contribution in [3.8, 4) is 0 Å². The molecule has 1 unspecified atom stereocenters. The highest BCUT2D eigenvalue weighted by molar-refractivity contribution is 5.94. The van der Waals surface area contributed by atoms with Crippen LogP contribution < -0.4 is 21.3 Å². The SMILES string of the molecule is O=C1CNC(=O)CNC(=O)C(CC2CCC([N+](=O)[O-])CC2)NC(=O)CN1. The molecule has 4 N–H and O–H groups in total. The van der Waals surface area contributed by atoms with E-state index in [1.807, 2.05) is 0 Å². The van der Waals surface area contributed by atoms with Gasteiger partial charge in [-0.2, -0.15) is 0 Å². The van der Waals surface area contributed by atoms with Crippen molar-refractivity contribution in [1.29, 1.82) is 0 Å². The van der Waals surface area contributed by atoms with Crippen LogP contribution in [0.5, 0.6) is 0 Å². The first-order valence-corrected chi connectivity index (χ1v) is 8.59. The maximum atomic E-state index is 12.3. The standard InChI is InChI=1S/C15H23N5O6/c21-12-6-16-13(22)7-18-15(24)11(19-14(23)8-17-12)5-9-1-3-10(4-2-9)20(25)26/h9-11H,1-8H2,(H,16,22)(H,17,21)(H,18,24)(H,19,23). The average molecular weight is 369 g/mol. The molecule has 0 aromatic carbocycles.